The van der Waals surface area contributed by atoms with E-state index in [9.17, 15) is 14.7 Å². The first-order valence-corrected chi connectivity index (χ1v) is 10.5. The number of carbonyl (C=O) groups excluding carboxylic acids is 1. The van der Waals surface area contributed by atoms with E-state index in [2.05, 4.69) is 38.9 Å². The number of nitrogens with one attached hydrogen (secondary N) is 1. The maximum Gasteiger partial charge on any atom is 0.407 e. The van der Waals surface area contributed by atoms with E-state index in [0.717, 1.165) is 33.8 Å². The van der Waals surface area contributed by atoms with Crippen molar-refractivity contribution in [2.75, 3.05) is 6.61 Å². The van der Waals surface area contributed by atoms with Gasteiger partial charge in [-0.25, -0.2) is 9.78 Å². The number of nitrogens with zero attached hydrogens (tertiary/aromatic N) is 2. The molecule has 2 aliphatic carbocycles. The number of carbonyl (C=O) groups is 2. The predicted octanol–water partition coefficient (Wildman–Crippen LogP) is 3.77. The van der Waals surface area contributed by atoms with Gasteiger partial charge in [0.05, 0.1) is 11.5 Å². The van der Waals surface area contributed by atoms with E-state index in [-0.39, 0.29) is 25.4 Å². The molecule has 30 heavy (non-hydrogen) atoms. The summed E-state index contributed by atoms with van der Waals surface area (Å²) in [6.07, 6.45) is 1.40. The van der Waals surface area contributed by atoms with Gasteiger partial charge in [0, 0.05) is 5.92 Å². The van der Waals surface area contributed by atoms with Crippen LogP contribution in [0.5, 0.6) is 0 Å². The van der Waals surface area contributed by atoms with Crippen LogP contribution in [0.2, 0.25) is 0 Å². The normalized spacial score (nSPS) is 21.9. The fourth-order valence-electron chi connectivity index (χ4n) is 4.50. The van der Waals surface area contributed by atoms with Crippen LogP contribution in [0, 0.1) is 5.92 Å². The van der Waals surface area contributed by atoms with Crippen molar-refractivity contribution in [3.8, 4) is 11.1 Å². The maximum absolute atomic E-state index is 12.7. The Labute approximate surface area is 176 Å². The number of benzene rings is 2. The minimum Gasteiger partial charge on any atom is -0.481 e. The first-order valence-electron chi connectivity index (χ1n) is 9.70. The molecule has 0 spiro atoms. The summed E-state index contributed by atoms with van der Waals surface area (Å²) in [6.45, 7) is 0.203. The van der Waals surface area contributed by atoms with Crippen molar-refractivity contribution in [1.82, 2.24) is 14.7 Å². The first-order chi connectivity index (χ1) is 14.6. The average Bonchev–Trinajstić information content (AvgIpc) is 3.36. The molecule has 0 radical (unpaired) electrons. The van der Waals surface area contributed by atoms with Crippen molar-refractivity contribution >= 4 is 23.6 Å². The molecule has 2 aromatic carbocycles. The Morgan fingerprint density at radius 2 is 1.73 bits per heavy atom. The Balaban J connectivity index is 1.31. The summed E-state index contributed by atoms with van der Waals surface area (Å²) in [6, 6.07) is 16.3. The third kappa shape index (κ3) is 3.04. The lowest BCUT2D eigenvalue weighted by Gasteiger charge is -2.44. The van der Waals surface area contributed by atoms with Gasteiger partial charge in [0.25, 0.3) is 0 Å². The van der Waals surface area contributed by atoms with Gasteiger partial charge in [-0.15, -0.1) is 0 Å². The second kappa shape index (κ2) is 7.21. The van der Waals surface area contributed by atoms with E-state index >= 15 is 0 Å². The van der Waals surface area contributed by atoms with Gasteiger partial charge in [0.15, 0.2) is 0 Å². The van der Waals surface area contributed by atoms with Gasteiger partial charge in [-0.2, -0.15) is 4.37 Å². The molecule has 1 heterocycles. The largest absolute Gasteiger partial charge is 0.481 e. The number of carboxylic acids is 1. The number of aromatic nitrogens is 2. The summed E-state index contributed by atoms with van der Waals surface area (Å²) in [4.78, 5) is 28.2. The van der Waals surface area contributed by atoms with Gasteiger partial charge in [-0.05, 0) is 46.6 Å². The fraction of sp³-hybridized carbons (Fsp3) is 0.273. The van der Waals surface area contributed by atoms with Crippen LogP contribution in [0.4, 0.5) is 4.79 Å². The number of amides is 1. The number of ether oxygens (including phenoxy) is 1. The maximum atomic E-state index is 12.7. The van der Waals surface area contributed by atoms with Crippen molar-refractivity contribution in [1.29, 1.82) is 0 Å². The molecule has 1 saturated carbocycles. The van der Waals surface area contributed by atoms with Crippen molar-refractivity contribution < 1.29 is 19.4 Å². The Hall–Kier alpha value is -3.26. The second-order valence-corrected chi connectivity index (χ2v) is 8.50. The van der Waals surface area contributed by atoms with Gasteiger partial charge < -0.3 is 15.2 Å². The SMILES string of the molecule is O=C(NC1(c2ncns2)CC(C(=O)O)C1)OCC1c2ccccc2-c2ccccc21. The molecule has 0 aliphatic heterocycles. The molecule has 0 atom stereocenters. The molecular formula is C22H19N3O4S. The molecule has 0 bridgehead atoms. The molecule has 0 saturated heterocycles. The van der Waals surface area contributed by atoms with Gasteiger partial charge in [0.2, 0.25) is 0 Å². The number of fused-ring (bicyclic) bond motifs is 3. The highest BCUT2D eigenvalue weighted by atomic mass is 32.1. The zero-order valence-electron chi connectivity index (χ0n) is 15.9. The quantitative estimate of drug-likeness (QED) is 0.650. The van der Waals surface area contributed by atoms with E-state index in [1.54, 1.807) is 0 Å². The van der Waals surface area contributed by atoms with Crippen molar-refractivity contribution in [2.24, 2.45) is 5.92 Å². The van der Waals surface area contributed by atoms with E-state index in [1.165, 1.54) is 6.33 Å². The molecule has 5 rings (SSSR count). The Kier molecular flexibility index (Phi) is 4.51. The highest BCUT2D eigenvalue weighted by Crippen LogP contribution is 2.47. The molecule has 1 aromatic heterocycles. The van der Waals surface area contributed by atoms with Gasteiger partial charge in [0.1, 0.15) is 17.9 Å². The molecule has 2 N–H and O–H groups in total. The topological polar surface area (TPSA) is 101 Å². The highest BCUT2D eigenvalue weighted by molar-refractivity contribution is 7.05. The summed E-state index contributed by atoms with van der Waals surface area (Å²) in [5.41, 5.74) is 3.78. The van der Waals surface area contributed by atoms with Crippen LogP contribution in [0.3, 0.4) is 0 Å². The van der Waals surface area contributed by atoms with Gasteiger partial charge >= 0.3 is 12.1 Å². The van der Waals surface area contributed by atoms with Crippen LogP contribution >= 0.6 is 11.5 Å². The summed E-state index contributed by atoms with van der Waals surface area (Å²) >= 11 is 1.16. The van der Waals surface area contributed by atoms with Crippen LogP contribution in [0.15, 0.2) is 54.9 Å². The number of rotatable bonds is 5. The summed E-state index contributed by atoms with van der Waals surface area (Å²) < 4.78 is 9.62. The lowest BCUT2D eigenvalue weighted by molar-refractivity contribution is -0.148. The van der Waals surface area contributed by atoms with Crippen LogP contribution in [0.25, 0.3) is 11.1 Å². The predicted molar refractivity (Wildman–Crippen MR) is 110 cm³/mol. The zero-order valence-corrected chi connectivity index (χ0v) is 16.8. The number of hydrogen-bond donors (Lipinski definition) is 2. The molecule has 152 valence electrons. The van der Waals surface area contributed by atoms with E-state index < -0.39 is 23.5 Å². The molecule has 1 fully saturated rings. The smallest absolute Gasteiger partial charge is 0.407 e. The third-order valence-corrected chi connectivity index (χ3v) is 6.86. The molecule has 8 heteroatoms. The molecule has 3 aromatic rings. The number of hydrogen-bond acceptors (Lipinski definition) is 6. The monoisotopic (exact) mass is 421 g/mol. The second-order valence-electron chi connectivity index (χ2n) is 7.72. The molecular weight excluding hydrogens is 402 g/mol. The summed E-state index contributed by atoms with van der Waals surface area (Å²) in [7, 11) is 0. The molecule has 2 aliphatic rings. The standard InChI is InChI=1S/C22H19N3O4S/c26-19(27)13-9-22(10-13,20-23-12-24-30-20)25-21(28)29-11-18-16-7-3-1-5-14(16)15-6-2-4-8-17(15)18/h1-8,12-13,18H,9-11H2,(H,25,28)(H,26,27). The lowest BCUT2D eigenvalue weighted by atomic mass is 9.68. The zero-order chi connectivity index (χ0) is 20.7. The van der Waals surface area contributed by atoms with Crippen LogP contribution < -0.4 is 5.32 Å². The number of carboxylic acid groups (broad SMARTS) is 1. The lowest BCUT2D eigenvalue weighted by Crippen LogP contribution is -2.56. The van der Waals surface area contributed by atoms with E-state index in [1.807, 2.05) is 24.3 Å². The van der Waals surface area contributed by atoms with Crippen molar-refractivity contribution in [3.63, 3.8) is 0 Å². The number of aliphatic carboxylic acids is 1. The number of alkyl carbamates (subject to hydrolysis) is 1. The minimum absolute atomic E-state index is 0.0335. The average molecular weight is 421 g/mol. The summed E-state index contributed by atoms with van der Waals surface area (Å²) in [5.74, 6) is -1.42. The Morgan fingerprint density at radius 1 is 1.10 bits per heavy atom. The molecule has 1 amide bonds. The fourth-order valence-corrected chi connectivity index (χ4v) is 5.18. The third-order valence-electron chi connectivity index (χ3n) is 5.99. The summed E-state index contributed by atoms with van der Waals surface area (Å²) in [5, 5.41) is 12.7. The molecule has 7 nitrogen and oxygen atoms in total. The van der Waals surface area contributed by atoms with Crippen LogP contribution in [-0.2, 0) is 15.1 Å². The highest BCUT2D eigenvalue weighted by Gasteiger charge is 2.52. The Bertz CT molecular complexity index is 1060. The van der Waals surface area contributed by atoms with Gasteiger partial charge in [-0.3, -0.25) is 4.79 Å². The van der Waals surface area contributed by atoms with Crippen molar-refractivity contribution in [2.45, 2.75) is 24.3 Å². The van der Waals surface area contributed by atoms with E-state index in [0.29, 0.717) is 5.01 Å². The van der Waals surface area contributed by atoms with Gasteiger partial charge in [-0.1, -0.05) is 48.5 Å². The molecule has 0 unspecified atom stereocenters. The van der Waals surface area contributed by atoms with Crippen molar-refractivity contribution in [3.05, 3.63) is 71.0 Å². The van der Waals surface area contributed by atoms with Crippen LogP contribution in [0.1, 0.15) is 34.9 Å². The minimum atomic E-state index is -0.871. The van der Waals surface area contributed by atoms with E-state index in [4.69, 9.17) is 4.74 Å². The van der Waals surface area contributed by atoms with Crippen LogP contribution in [-0.4, -0.2) is 33.1 Å². The Morgan fingerprint density at radius 3 is 2.30 bits per heavy atom. The first kappa shape index (κ1) is 18.7.